The number of rotatable bonds is 3. The quantitative estimate of drug-likeness (QED) is 0.594. The lowest BCUT2D eigenvalue weighted by Gasteiger charge is -2.04. The second-order valence-corrected chi connectivity index (χ2v) is 5.40. The van der Waals surface area contributed by atoms with Gasteiger partial charge in [-0.25, -0.2) is 15.0 Å². The van der Waals surface area contributed by atoms with E-state index in [2.05, 4.69) is 19.9 Å². The molecule has 1 N–H and O–H groups in total. The van der Waals surface area contributed by atoms with Gasteiger partial charge in [-0.2, -0.15) is 0 Å². The fraction of sp³-hybridized carbons (Fsp3) is 0.0769. The molecule has 0 atom stereocenters. The third kappa shape index (κ3) is 2.39. The molecule has 0 aliphatic carbocycles. The van der Waals surface area contributed by atoms with Crippen LogP contribution in [0, 0.1) is 6.92 Å². The van der Waals surface area contributed by atoms with Crippen LogP contribution in [0.5, 0.6) is 0 Å². The molecular formula is C13H9ClN4OS. The van der Waals surface area contributed by atoms with Crippen molar-refractivity contribution in [1.82, 2.24) is 19.9 Å². The molecule has 0 bridgehead atoms. The Morgan fingerprint density at radius 1 is 1.25 bits per heavy atom. The van der Waals surface area contributed by atoms with Crippen LogP contribution in [-0.2, 0) is 0 Å². The van der Waals surface area contributed by atoms with Crippen molar-refractivity contribution in [3.8, 4) is 0 Å². The highest BCUT2D eigenvalue weighted by molar-refractivity contribution is 7.99. The molecule has 1 aromatic carbocycles. The largest absolute Gasteiger partial charge is 0.333 e. The van der Waals surface area contributed by atoms with Crippen LogP contribution in [-0.4, -0.2) is 26.2 Å². The molecule has 20 heavy (non-hydrogen) atoms. The standard InChI is InChI=1S/C13H9ClN4OS/c1-7-15-11(14)8(6-19)12(16-7)20-13-17-9-4-2-3-5-10(9)18-13/h2-6H,1H3,(H,17,18). The van der Waals surface area contributed by atoms with E-state index in [-0.39, 0.29) is 10.7 Å². The van der Waals surface area contributed by atoms with Gasteiger partial charge in [0.2, 0.25) is 0 Å². The van der Waals surface area contributed by atoms with Crippen molar-refractivity contribution in [2.45, 2.75) is 17.1 Å². The summed E-state index contributed by atoms with van der Waals surface area (Å²) in [6.07, 6.45) is 0.659. The maximum Gasteiger partial charge on any atom is 0.172 e. The minimum absolute atomic E-state index is 0.158. The Kier molecular flexibility index (Phi) is 3.42. The first-order valence-corrected chi connectivity index (χ1v) is 6.99. The molecule has 100 valence electrons. The van der Waals surface area contributed by atoms with E-state index in [0.29, 0.717) is 22.3 Å². The van der Waals surface area contributed by atoms with Crippen LogP contribution in [0.3, 0.4) is 0 Å². The van der Waals surface area contributed by atoms with Gasteiger partial charge >= 0.3 is 0 Å². The molecule has 0 radical (unpaired) electrons. The molecule has 0 saturated carbocycles. The van der Waals surface area contributed by atoms with E-state index >= 15 is 0 Å². The minimum Gasteiger partial charge on any atom is -0.333 e. The molecule has 3 rings (SSSR count). The van der Waals surface area contributed by atoms with Crippen molar-refractivity contribution in [2.75, 3.05) is 0 Å². The first-order valence-electron chi connectivity index (χ1n) is 5.79. The Labute approximate surface area is 123 Å². The molecule has 7 heteroatoms. The van der Waals surface area contributed by atoms with Gasteiger partial charge in [0.25, 0.3) is 0 Å². The summed E-state index contributed by atoms with van der Waals surface area (Å²) in [6.45, 7) is 1.73. The summed E-state index contributed by atoms with van der Waals surface area (Å²) in [7, 11) is 0. The second kappa shape index (κ2) is 5.22. The Hall–Kier alpha value is -1.92. The van der Waals surface area contributed by atoms with Gasteiger partial charge in [0.1, 0.15) is 16.0 Å². The van der Waals surface area contributed by atoms with Gasteiger partial charge in [0.15, 0.2) is 11.4 Å². The summed E-state index contributed by atoms with van der Waals surface area (Å²) in [5, 5.41) is 1.31. The number of para-hydroxylation sites is 2. The predicted molar refractivity (Wildman–Crippen MR) is 77.4 cm³/mol. The van der Waals surface area contributed by atoms with Crippen molar-refractivity contribution in [3.05, 3.63) is 40.8 Å². The van der Waals surface area contributed by atoms with Gasteiger partial charge in [-0.15, -0.1) is 0 Å². The first kappa shape index (κ1) is 13.1. The van der Waals surface area contributed by atoms with Gasteiger partial charge in [-0.3, -0.25) is 4.79 Å². The summed E-state index contributed by atoms with van der Waals surface area (Å²) in [5.74, 6) is 0.513. The number of benzene rings is 1. The van der Waals surface area contributed by atoms with E-state index in [1.54, 1.807) is 6.92 Å². The number of aryl methyl sites for hydroxylation is 1. The molecule has 0 aliphatic rings. The van der Waals surface area contributed by atoms with Crippen LogP contribution in [0.4, 0.5) is 0 Å². The number of fused-ring (bicyclic) bond motifs is 1. The van der Waals surface area contributed by atoms with E-state index in [1.807, 2.05) is 24.3 Å². The number of aromatic amines is 1. The molecule has 0 spiro atoms. The van der Waals surface area contributed by atoms with Crippen LogP contribution >= 0.6 is 23.4 Å². The predicted octanol–water partition coefficient (Wildman–Crippen LogP) is 3.28. The van der Waals surface area contributed by atoms with Crippen LogP contribution in [0.2, 0.25) is 5.15 Å². The zero-order valence-electron chi connectivity index (χ0n) is 10.4. The van der Waals surface area contributed by atoms with Crippen molar-refractivity contribution < 1.29 is 4.79 Å². The normalized spacial score (nSPS) is 10.9. The Bertz CT molecular complexity index is 769. The zero-order chi connectivity index (χ0) is 14.1. The van der Waals surface area contributed by atoms with Crippen molar-refractivity contribution in [3.63, 3.8) is 0 Å². The van der Waals surface area contributed by atoms with E-state index < -0.39 is 0 Å². The Morgan fingerprint density at radius 3 is 2.80 bits per heavy atom. The summed E-state index contributed by atoms with van der Waals surface area (Å²) in [6, 6.07) is 7.69. The zero-order valence-corrected chi connectivity index (χ0v) is 12.0. The molecule has 0 amide bonds. The van der Waals surface area contributed by atoms with Gasteiger partial charge in [0, 0.05) is 0 Å². The van der Waals surface area contributed by atoms with Crippen LogP contribution < -0.4 is 0 Å². The summed E-state index contributed by atoms with van der Waals surface area (Å²) < 4.78 is 0. The number of aromatic nitrogens is 4. The Morgan fingerprint density at radius 2 is 2.05 bits per heavy atom. The number of hydrogen-bond donors (Lipinski definition) is 1. The van der Waals surface area contributed by atoms with Gasteiger partial charge in [0.05, 0.1) is 16.6 Å². The number of halogens is 1. The number of H-pyrrole nitrogens is 1. The number of carbonyl (C=O) groups is 1. The number of aldehydes is 1. The lowest BCUT2D eigenvalue weighted by atomic mass is 10.3. The summed E-state index contributed by atoms with van der Waals surface area (Å²) >= 11 is 7.21. The monoisotopic (exact) mass is 304 g/mol. The van der Waals surface area contributed by atoms with E-state index in [0.717, 1.165) is 11.0 Å². The number of carbonyl (C=O) groups excluding carboxylic acids is 1. The highest BCUT2D eigenvalue weighted by Crippen LogP contribution is 2.30. The smallest absolute Gasteiger partial charge is 0.172 e. The van der Waals surface area contributed by atoms with Gasteiger partial charge in [-0.05, 0) is 30.8 Å². The molecule has 0 saturated heterocycles. The molecule has 2 aromatic heterocycles. The molecule has 0 fully saturated rings. The number of nitrogens with one attached hydrogen (secondary N) is 1. The molecule has 0 aliphatic heterocycles. The van der Waals surface area contributed by atoms with Crippen LogP contribution in [0.25, 0.3) is 11.0 Å². The van der Waals surface area contributed by atoms with E-state index in [1.165, 1.54) is 11.8 Å². The van der Waals surface area contributed by atoms with Crippen molar-refractivity contribution >= 4 is 40.7 Å². The van der Waals surface area contributed by atoms with Crippen molar-refractivity contribution in [1.29, 1.82) is 0 Å². The lowest BCUT2D eigenvalue weighted by Crippen LogP contribution is -1.98. The average molecular weight is 305 g/mol. The van der Waals surface area contributed by atoms with E-state index in [9.17, 15) is 4.79 Å². The molecule has 5 nitrogen and oxygen atoms in total. The highest BCUT2D eigenvalue weighted by Gasteiger charge is 2.14. The summed E-state index contributed by atoms with van der Waals surface area (Å²) in [4.78, 5) is 26.9. The molecular weight excluding hydrogens is 296 g/mol. The second-order valence-electron chi connectivity index (χ2n) is 4.06. The number of imidazole rings is 1. The van der Waals surface area contributed by atoms with Crippen molar-refractivity contribution in [2.24, 2.45) is 0 Å². The van der Waals surface area contributed by atoms with Gasteiger partial charge < -0.3 is 4.98 Å². The Balaban J connectivity index is 2.04. The fourth-order valence-electron chi connectivity index (χ4n) is 1.77. The first-order chi connectivity index (χ1) is 9.67. The molecule has 0 unspecified atom stereocenters. The molecule has 2 heterocycles. The average Bonchev–Trinajstić information content (AvgIpc) is 2.80. The van der Waals surface area contributed by atoms with Crippen LogP contribution in [0.15, 0.2) is 34.4 Å². The SMILES string of the molecule is Cc1nc(Cl)c(C=O)c(Sc2nc3ccccc3[nH]2)n1. The van der Waals surface area contributed by atoms with E-state index in [4.69, 9.17) is 11.6 Å². The lowest BCUT2D eigenvalue weighted by molar-refractivity contribution is 0.112. The third-order valence-corrected chi connectivity index (χ3v) is 3.83. The van der Waals surface area contributed by atoms with Gasteiger partial charge in [-0.1, -0.05) is 23.7 Å². The number of nitrogens with zero attached hydrogens (tertiary/aromatic N) is 3. The maximum absolute atomic E-state index is 11.1. The third-order valence-electron chi connectivity index (χ3n) is 2.65. The highest BCUT2D eigenvalue weighted by atomic mass is 35.5. The number of hydrogen-bond acceptors (Lipinski definition) is 5. The topological polar surface area (TPSA) is 71.5 Å². The maximum atomic E-state index is 11.1. The molecule has 3 aromatic rings. The fourth-order valence-corrected chi connectivity index (χ4v) is 3.00. The minimum atomic E-state index is 0.158. The van der Waals surface area contributed by atoms with Crippen LogP contribution in [0.1, 0.15) is 16.2 Å². The summed E-state index contributed by atoms with van der Waals surface area (Å²) in [5.41, 5.74) is 2.07.